The van der Waals surface area contributed by atoms with Gasteiger partial charge in [0.15, 0.2) is 0 Å². The Bertz CT molecular complexity index is 20.4. The molecule has 0 aromatic heterocycles. The average molecular weight is 346 g/mol. The Morgan fingerprint density at radius 2 is 0.444 bits per heavy atom. The van der Waals surface area contributed by atoms with Gasteiger partial charge in [0.1, 0.15) is 0 Å². The molecule has 0 aliphatic carbocycles. The van der Waals surface area contributed by atoms with Crippen molar-refractivity contribution in [1.82, 2.24) is 0 Å². The minimum Gasteiger partial charge on any atom is -2.00 e. The van der Waals surface area contributed by atoms with Gasteiger partial charge in [0.05, 0.1) is 0 Å². The summed E-state index contributed by atoms with van der Waals surface area (Å²) in [5, 5.41) is 0. The number of hydrogen-bond acceptors (Lipinski definition) is 0. The molecule has 0 radical (unpaired) electrons. The second-order valence-corrected chi connectivity index (χ2v) is 0. The van der Waals surface area contributed by atoms with Gasteiger partial charge in [-0.05, 0) is 0 Å². The minimum atomic E-state index is 0. The second-order valence-electron chi connectivity index (χ2n) is 0. The predicted octanol–water partition coefficient (Wildman–Crippen LogP) is -6.37. The van der Waals surface area contributed by atoms with Gasteiger partial charge in [-0.2, -0.15) is 0 Å². The molecule has 0 saturated carbocycles. The Morgan fingerprint density at radius 1 is 0.444 bits per heavy atom. The van der Waals surface area contributed by atoms with E-state index in [-0.39, 0.29) is 178 Å². The molecule has 0 aromatic carbocycles. The molecule has 0 heterocycles. The van der Waals surface area contributed by atoms with Crippen molar-refractivity contribution in [3.8, 4) is 0 Å². The van der Waals surface area contributed by atoms with Gasteiger partial charge in [0.25, 0.3) is 0 Å². The van der Waals surface area contributed by atoms with Gasteiger partial charge in [-0.15, -0.1) is 0 Å². The van der Waals surface area contributed by atoms with E-state index in [1.165, 1.54) is 0 Å². The Balaban J connectivity index is 0. The third kappa shape index (κ3) is 67.4. The molecule has 0 atom stereocenters. The average Bonchev–Trinajstić information content (AvgIpc) is 0. The standard InChI is InChI=1S/2K.2Nb.5O.2H/q2*+1;2*+5;5*-2;2*-1. The van der Waals surface area contributed by atoms with Gasteiger partial charge in [-0.1, -0.05) is 0 Å². The third-order valence-corrected chi connectivity index (χ3v) is 0. The number of rotatable bonds is 0. The van der Waals surface area contributed by atoms with Crippen LogP contribution < -0.4 is 103 Å². The van der Waals surface area contributed by atoms with E-state index in [0.717, 1.165) is 0 Å². The maximum Gasteiger partial charge on any atom is 5.00 e. The molecule has 0 bridgehead atoms. The predicted molar refractivity (Wildman–Crippen MR) is 5.66 cm³/mol. The zero-order valence-corrected chi connectivity index (χ0v) is 15.6. The van der Waals surface area contributed by atoms with Crippen molar-refractivity contribution in [2.75, 3.05) is 0 Å². The van der Waals surface area contributed by atoms with E-state index < -0.39 is 0 Å². The van der Waals surface area contributed by atoms with Gasteiger partial charge < -0.3 is 30.2 Å². The first-order chi connectivity index (χ1) is 0. The van der Waals surface area contributed by atoms with Crippen LogP contribution >= 0.6 is 0 Å². The Hall–Kier alpha value is 4.55. The first-order valence-electron chi connectivity index (χ1n) is 0. The van der Waals surface area contributed by atoms with Gasteiger partial charge in [0, 0.05) is 0 Å². The molecule has 0 amide bonds. The summed E-state index contributed by atoms with van der Waals surface area (Å²) in [6, 6.07) is 0. The van der Waals surface area contributed by atoms with Crippen LogP contribution in [0, 0.1) is 0 Å². The summed E-state index contributed by atoms with van der Waals surface area (Å²) in [6.45, 7) is 0. The second kappa shape index (κ2) is 80.8. The van der Waals surface area contributed by atoms with Crippen LogP contribution in [0.25, 0.3) is 0 Å². The zero-order valence-electron chi connectivity index (χ0n) is 6.94. The molecule has 9 heavy (non-hydrogen) atoms. The molecule has 0 saturated heterocycles. The van der Waals surface area contributed by atoms with Gasteiger partial charge in [-0.25, -0.2) is 0 Å². The Morgan fingerprint density at radius 3 is 0.444 bits per heavy atom. The van der Waals surface area contributed by atoms with Crippen LogP contribution in [0.2, 0.25) is 0 Å². The molecule has 0 aliphatic rings. The summed E-state index contributed by atoms with van der Waals surface area (Å²) in [6.07, 6.45) is 0. The van der Waals surface area contributed by atoms with E-state index in [4.69, 9.17) is 0 Å². The monoisotopic (exact) mass is 346 g/mol. The number of hydrogen-bond donors (Lipinski definition) is 0. The smallest absolute Gasteiger partial charge is 2.00 e. The summed E-state index contributed by atoms with van der Waals surface area (Å²) < 4.78 is 0. The molecule has 0 aromatic rings. The summed E-state index contributed by atoms with van der Waals surface area (Å²) in [4.78, 5) is 0. The van der Waals surface area contributed by atoms with E-state index in [1.54, 1.807) is 0 Å². The fourth-order valence-corrected chi connectivity index (χ4v) is 0. The van der Waals surface area contributed by atoms with Gasteiger partial charge in [0.2, 0.25) is 0 Å². The van der Waals surface area contributed by atoms with Crippen molar-refractivity contribution >= 4 is 0 Å². The first kappa shape index (κ1) is 103. The molecule has 0 rings (SSSR count). The fraction of sp³-hybridized carbons (Fsp3) is 0. The maximum absolute atomic E-state index is 0. The molecule has 0 aliphatic heterocycles. The SMILES string of the molecule is [H-].[H-].[K+].[K+].[Nb+5].[Nb+5].[O-2].[O-2].[O-2].[O-2].[O-2]. The van der Waals surface area contributed by atoms with E-state index in [2.05, 4.69) is 0 Å². The third-order valence-electron chi connectivity index (χ3n) is 0. The Kier molecular flexibility index (Phi) is 925. The molecular formula is H2K2Nb2O5. The van der Waals surface area contributed by atoms with Gasteiger partial charge >= 0.3 is 148 Å². The van der Waals surface area contributed by atoms with Crippen molar-refractivity contribution in [1.29, 1.82) is 0 Å². The van der Waals surface area contributed by atoms with E-state index in [9.17, 15) is 0 Å². The molecule has 0 N–H and O–H groups in total. The van der Waals surface area contributed by atoms with Crippen LogP contribution in [0.1, 0.15) is 2.85 Å². The quantitative estimate of drug-likeness (QED) is 0.385. The Labute approximate surface area is 173 Å². The van der Waals surface area contributed by atoms with Crippen LogP contribution in [0.5, 0.6) is 0 Å². The summed E-state index contributed by atoms with van der Waals surface area (Å²) in [7, 11) is 0. The normalized spacial score (nSPS) is 0. The topological polar surface area (TPSA) is 142 Å². The van der Waals surface area contributed by atoms with Crippen LogP contribution in [-0.4, -0.2) is 0 Å². The maximum atomic E-state index is 0. The molecule has 9 heteroatoms. The van der Waals surface area contributed by atoms with E-state index >= 15 is 0 Å². The van der Waals surface area contributed by atoms with Crippen LogP contribution in [0.3, 0.4) is 0 Å². The largest absolute Gasteiger partial charge is 5.00 e. The minimum absolute atomic E-state index is 0. The summed E-state index contributed by atoms with van der Waals surface area (Å²) in [5.74, 6) is 0. The first-order valence-corrected chi connectivity index (χ1v) is 0. The summed E-state index contributed by atoms with van der Waals surface area (Å²) in [5.41, 5.74) is 0. The van der Waals surface area contributed by atoms with Crippen LogP contribution in [-0.2, 0) is 72.1 Å². The van der Waals surface area contributed by atoms with Crippen molar-refractivity contribution in [3.05, 3.63) is 0 Å². The molecule has 0 unspecified atom stereocenters. The molecule has 5 nitrogen and oxygen atoms in total. The van der Waals surface area contributed by atoms with Crippen molar-refractivity contribution < 1.29 is 178 Å². The zero-order chi connectivity index (χ0) is 0. The molecule has 44 valence electrons. The summed E-state index contributed by atoms with van der Waals surface area (Å²) >= 11 is 0. The van der Waals surface area contributed by atoms with Crippen LogP contribution in [0.4, 0.5) is 0 Å². The molecule has 0 fully saturated rings. The van der Waals surface area contributed by atoms with Crippen molar-refractivity contribution in [3.63, 3.8) is 0 Å². The fourth-order valence-electron chi connectivity index (χ4n) is 0. The van der Waals surface area contributed by atoms with Crippen LogP contribution in [0.15, 0.2) is 0 Å². The molecular weight excluding hydrogens is 344 g/mol. The van der Waals surface area contributed by atoms with Crippen molar-refractivity contribution in [2.45, 2.75) is 0 Å². The van der Waals surface area contributed by atoms with E-state index in [1.807, 2.05) is 0 Å². The van der Waals surface area contributed by atoms with Gasteiger partial charge in [-0.3, -0.25) is 0 Å². The van der Waals surface area contributed by atoms with Crippen molar-refractivity contribution in [2.24, 2.45) is 0 Å². The molecule has 0 spiro atoms. The van der Waals surface area contributed by atoms with E-state index in [0.29, 0.717) is 0 Å².